The highest BCUT2D eigenvalue weighted by Gasteiger charge is 2.07. The number of carbonyl (C=O) groups excluding carboxylic acids is 1. The number of imidazole rings is 1. The van der Waals surface area contributed by atoms with Crippen molar-refractivity contribution in [2.24, 2.45) is 7.05 Å². The minimum atomic E-state index is -0.0944. The van der Waals surface area contributed by atoms with Crippen LogP contribution in [0.2, 0.25) is 0 Å². The summed E-state index contributed by atoms with van der Waals surface area (Å²) in [7, 11) is 1.90. The molecule has 1 aromatic carbocycles. The summed E-state index contributed by atoms with van der Waals surface area (Å²) in [6, 6.07) is 5.45. The predicted molar refractivity (Wildman–Crippen MR) is 63.2 cm³/mol. The van der Waals surface area contributed by atoms with Crippen molar-refractivity contribution in [1.29, 1.82) is 0 Å². The van der Waals surface area contributed by atoms with E-state index >= 15 is 0 Å². The number of hydrogen-bond acceptors (Lipinski definition) is 2. The second-order valence-corrected chi connectivity index (χ2v) is 3.56. The quantitative estimate of drug-likeness (QED) is 0.788. The maximum absolute atomic E-state index is 11.7. The van der Waals surface area contributed by atoms with Crippen molar-refractivity contribution in [3.63, 3.8) is 0 Å². The van der Waals surface area contributed by atoms with Gasteiger partial charge >= 0.3 is 0 Å². The second-order valence-electron chi connectivity index (χ2n) is 3.56. The first-order valence-electron chi connectivity index (χ1n) is 5.02. The van der Waals surface area contributed by atoms with Crippen molar-refractivity contribution in [3.8, 4) is 0 Å². The molecule has 0 saturated carbocycles. The molecule has 16 heavy (non-hydrogen) atoms. The molecule has 1 amide bonds. The molecule has 0 spiro atoms. The SMILES string of the molecule is C=CCNC(=O)c1ccc2ncn(C)c2c1. The average Bonchev–Trinajstić information content (AvgIpc) is 2.67. The number of aromatic nitrogens is 2. The van der Waals surface area contributed by atoms with Crippen molar-refractivity contribution in [3.05, 3.63) is 42.7 Å². The van der Waals surface area contributed by atoms with Gasteiger partial charge in [0.05, 0.1) is 17.4 Å². The fourth-order valence-electron chi connectivity index (χ4n) is 1.53. The van der Waals surface area contributed by atoms with Crippen LogP contribution in [0.3, 0.4) is 0 Å². The molecule has 0 aliphatic heterocycles. The van der Waals surface area contributed by atoms with E-state index in [0.29, 0.717) is 12.1 Å². The van der Waals surface area contributed by atoms with E-state index in [4.69, 9.17) is 0 Å². The molecule has 0 saturated heterocycles. The molecule has 1 N–H and O–H groups in total. The van der Waals surface area contributed by atoms with Gasteiger partial charge in [0.25, 0.3) is 5.91 Å². The zero-order valence-corrected chi connectivity index (χ0v) is 9.10. The Hall–Kier alpha value is -2.10. The second kappa shape index (κ2) is 4.18. The van der Waals surface area contributed by atoms with Crippen molar-refractivity contribution in [1.82, 2.24) is 14.9 Å². The molecule has 0 aliphatic carbocycles. The Morgan fingerprint density at radius 2 is 2.44 bits per heavy atom. The zero-order valence-electron chi connectivity index (χ0n) is 9.10. The highest BCUT2D eigenvalue weighted by Crippen LogP contribution is 2.13. The molecule has 1 heterocycles. The van der Waals surface area contributed by atoms with Gasteiger partial charge in [0, 0.05) is 19.2 Å². The number of nitrogens with one attached hydrogen (secondary N) is 1. The van der Waals surface area contributed by atoms with Crippen LogP contribution < -0.4 is 5.32 Å². The summed E-state index contributed by atoms with van der Waals surface area (Å²) in [5.41, 5.74) is 2.48. The van der Waals surface area contributed by atoms with Crippen LogP contribution in [-0.2, 0) is 7.05 Å². The standard InChI is InChI=1S/C12H13N3O/c1-3-6-13-12(16)9-4-5-10-11(7-9)15(2)8-14-10/h3-5,7-8H,1,6H2,2H3,(H,13,16). The molecule has 4 heteroatoms. The van der Waals surface area contributed by atoms with Crippen LogP contribution in [-0.4, -0.2) is 22.0 Å². The first kappa shape index (κ1) is 10.4. The number of aryl methyl sites for hydroxylation is 1. The molecule has 0 atom stereocenters. The molecule has 0 unspecified atom stereocenters. The summed E-state index contributed by atoms with van der Waals surface area (Å²) in [6.45, 7) is 4.03. The van der Waals surface area contributed by atoms with E-state index in [0.717, 1.165) is 11.0 Å². The van der Waals surface area contributed by atoms with Crippen LogP contribution in [0, 0.1) is 0 Å². The minimum absolute atomic E-state index is 0.0944. The number of amides is 1. The van der Waals surface area contributed by atoms with Crippen molar-refractivity contribution in [2.75, 3.05) is 6.54 Å². The first-order valence-corrected chi connectivity index (χ1v) is 5.02. The third-order valence-electron chi connectivity index (χ3n) is 2.39. The lowest BCUT2D eigenvalue weighted by Gasteiger charge is -2.02. The maximum atomic E-state index is 11.7. The first-order chi connectivity index (χ1) is 7.72. The van der Waals surface area contributed by atoms with Gasteiger partial charge in [0.15, 0.2) is 0 Å². The topological polar surface area (TPSA) is 46.9 Å². The predicted octanol–water partition coefficient (Wildman–Crippen LogP) is 1.49. The Bertz CT molecular complexity index is 542. The van der Waals surface area contributed by atoms with E-state index in [2.05, 4.69) is 16.9 Å². The lowest BCUT2D eigenvalue weighted by Crippen LogP contribution is -2.23. The van der Waals surface area contributed by atoms with Crippen LogP contribution in [0.4, 0.5) is 0 Å². The Morgan fingerprint density at radius 1 is 1.62 bits per heavy atom. The van der Waals surface area contributed by atoms with Gasteiger partial charge in [-0.15, -0.1) is 6.58 Å². The molecule has 0 bridgehead atoms. The van der Waals surface area contributed by atoms with E-state index in [-0.39, 0.29) is 5.91 Å². The molecular weight excluding hydrogens is 202 g/mol. The summed E-state index contributed by atoms with van der Waals surface area (Å²) in [6.07, 6.45) is 3.39. The van der Waals surface area contributed by atoms with E-state index in [1.54, 1.807) is 18.5 Å². The molecule has 0 fully saturated rings. The molecular formula is C12H13N3O. The van der Waals surface area contributed by atoms with Crippen LogP contribution in [0.25, 0.3) is 11.0 Å². The number of rotatable bonds is 3. The molecule has 4 nitrogen and oxygen atoms in total. The molecule has 82 valence electrons. The Morgan fingerprint density at radius 3 is 3.19 bits per heavy atom. The highest BCUT2D eigenvalue weighted by atomic mass is 16.1. The lowest BCUT2D eigenvalue weighted by molar-refractivity contribution is 0.0958. The van der Waals surface area contributed by atoms with Crippen LogP contribution in [0.5, 0.6) is 0 Å². The van der Waals surface area contributed by atoms with E-state index in [1.165, 1.54) is 0 Å². The lowest BCUT2D eigenvalue weighted by atomic mass is 10.2. The third kappa shape index (κ3) is 1.82. The summed E-state index contributed by atoms with van der Waals surface area (Å²) < 4.78 is 1.89. The van der Waals surface area contributed by atoms with E-state index in [9.17, 15) is 4.79 Å². The van der Waals surface area contributed by atoms with E-state index in [1.807, 2.05) is 23.7 Å². The summed E-state index contributed by atoms with van der Waals surface area (Å²) in [5.74, 6) is -0.0944. The molecule has 1 aromatic heterocycles. The summed E-state index contributed by atoms with van der Waals surface area (Å²) >= 11 is 0. The normalized spacial score (nSPS) is 10.3. The van der Waals surface area contributed by atoms with Gasteiger partial charge in [0.2, 0.25) is 0 Å². The third-order valence-corrected chi connectivity index (χ3v) is 2.39. The van der Waals surface area contributed by atoms with Crippen molar-refractivity contribution in [2.45, 2.75) is 0 Å². The van der Waals surface area contributed by atoms with Gasteiger partial charge in [-0.3, -0.25) is 4.79 Å². The average molecular weight is 215 g/mol. The number of carbonyl (C=O) groups is 1. The van der Waals surface area contributed by atoms with Crippen LogP contribution in [0.1, 0.15) is 10.4 Å². The van der Waals surface area contributed by atoms with Gasteiger partial charge in [-0.1, -0.05) is 6.08 Å². The Balaban J connectivity index is 2.34. The van der Waals surface area contributed by atoms with Crippen LogP contribution >= 0.6 is 0 Å². The Kier molecular flexibility index (Phi) is 2.72. The van der Waals surface area contributed by atoms with Gasteiger partial charge in [-0.2, -0.15) is 0 Å². The monoisotopic (exact) mass is 215 g/mol. The van der Waals surface area contributed by atoms with Gasteiger partial charge in [-0.05, 0) is 18.2 Å². The Labute approximate surface area is 93.6 Å². The van der Waals surface area contributed by atoms with Gasteiger partial charge in [0.1, 0.15) is 0 Å². The molecule has 0 aliphatic rings. The smallest absolute Gasteiger partial charge is 0.251 e. The van der Waals surface area contributed by atoms with Gasteiger partial charge < -0.3 is 9.88 Å². The number of nitrogens with zero attached hydrogens (tertiary/aromatic N) is 2. The minimum Gasteiger partial charge on any atom is -0.349 e. The highest BCUT2D eigenvalue weighted by molar-refractivity contribution is 5.97. The summed E-state index contributed by atoms with van der Waals surface area (Å²) in [5, 5.41) is 2.74. The number of hydrogen-bond donors (Lipinski definition) is 1. The molecule has 2 aromatic rings. The number of fused-ring (bicyclic) bond motifs is 1. The van der Waals surface area contributed by atoms with E-state index < -0.39 is 0 Å². The van der Waals surface area contributed by atoms with Gasteiger partial charge in [-0.25, -0.2) is 4.98 Å². The number of benzene rings is 1. The fraction of sp³-hybridized carbons (Fsp3) is 0.167. The maximum Gasteiger partial charge on any atom is 0.251 e. The van der Waals surface area contributed by atoms with Crippen LogP contribution in [0.15, 0.2) is 37.2 Å². The fourth-order valence-corrected chi connectivity index (χ4v) is 1.53. The van der Waals surface area contributed by atoms with Crippen molar-refractivity contribution >= 4 is 16.9 Å². The van der Waals surface area contributed by atoms with Crippen molar-refractivity contribution < 1.29 is 4.79 Å². The molecule has 0 radical (unpaired) electrons. The summed E-state index contributed by atoms with van der Waals surface area (Å²) in [4.78, 5) is 15.9. The zero-order chi connectivity index (χ0) is 11.5. The largest absolute Gasteiger partial charge is 0.349 e. The molecule has 2 rings (SSSR count).